The van der Waals surface area contributed by atoms with E-state index in [2.05, 4.69) is 48.1 Å². The smallest absolute Gasteiger partial charge is 0.130 e. The zero-order valence-electron chi connectivity index (χ0n) is 40.0. The van der Waals surface area contributed by atoms with E-state index >= 15 is 0 Å². The first-order valence-corrected chi connectivity index (χ1v) is 18.8. The molecule has 8 aromatic rings. The van der Waals surface area contributed by atoms with Gasteiger partial charge in [-0.1, -0.05) is 97.6 Å². The number of fused-ring (bicyclic) bond motifs is 3. The molecule has 0 amide bonds. The fourth-order valence-electron chi connectivity index (χ4n) is 7.40. The number of rotatable bonds is 5. The molecule has 1 aliphatic rings. The van der Waals surface area contributed by atoms with Crippen molar-refractivity contribution < 1.29 is 35.5 Å². The number of furan rings is 1. The van der Waals surface area contributed by atoms with E-state index in [-0.39, 0.29) is 59.5 Å². The van der Waals surface area contributed by atoms with Crippen LogP contribution in [-0.4, -0.2) is 9.97 Å². The van der Waals surface area contributed by atoms with Crippen LogP contribution in [0.5, 0.6) is 0 Å². The molecule has 0 saturated heterocycles. The normalized spacial score (nSPS) is 16.7. The van der Waals surface area contributed by atoms with Gasteiger partial charge in [-0.25, -0.2) is 0 Å². The van der Waals surface area contributed by atoms with Crippen LogP contribution in [-0.2, 0) is 20.1 Å². The predicted octanol–water partition coefficient (Wildman–Crippen LogP) is 13.8. The molecular formula is C52H45IrN3O-2. The Balaban J connectivity index is 0.000000385. The maximum atomic E-state index is 9.99. The molecule has 9 rings (SSSR count). The zero-order valence-corrected chi connectivity index (χ0v) is 34.4. The van der Waals surface area contributed by atoms with Crippen molar-refractivity contribution in [1.29, 1.82) is 5.26 Å². The SMILES string of the molecule is Cc1ccc(-c2[c-]cccc2)nc1.[2H]c1cc(C2([2H])CCC(C)(C)CC2)cc(C([2H])([2H])[2H])c1-c1cc(-c2[c-]ccc3c2oc2c(-c4ccccc4)c(C#N)ccc23)ncc1C([2H])([2H])[2H].[Ir]. The van der Waals surface area contributed by atoms with E-state index in [1.165, 1.54) is 30.0 Å². The van der Waals surface area contributed by atoms with Crippen molar-refractivity contribution in [3.8, 4) is 50.8 Å². The van der Waals surface area contributed by atoms with Gasteiger partial charge in [-0.3, -0.25) is 0 Å². The maximum Gasteiger partial charge on any atom is 0.130 e. The summed E-state index contributed by atoms with van der Waals surface area (Å²) in [6.07, 6.45) is 5.72. The summed E-state index contributed by atoms with van der Waals surface area (Å²) < 4.78 is 75.7. The molecule has 0 unspecified atom stereocenters. The fourth-order valence-corrected chi connectivity index (χ4v) is 7.40. The van der Waals surface area contributed by atoms with Crippen molar-refractivity contribution in [2.45, 2.75) is 66.1 Å². The Morgan fingerprint density at radius 2 is 1.58 bits per heavy atom. The van der Waals surface area contributed by atoms with Gasteiger partial charge in [0.05, 0.1) is 18.6 Å². The molecule has 1 radical (unpaired) electrons. The molecule has 0 atom stereocenters. The van der Waals surface area contributed by atoms with Crippen molar-refractivity contribution in [2.75, 3.05) is 0 Å². The summed E-state index contributed by atoms with van der Waals surface area (Å²) >= 11 is 0. The van der Waals surface area contributed by atoms with Gasteiger partial charge in [0.1, 0.15) is 5.58 Å². The molecule has 3 heterocycles. The average molecular weight is 928 g/mol. The molecule has 0 bridgehead atoms. The van der Waals surface area contributed by atoms with E-state index in [4.69, 9.17) is 12.6 Å². The van der Waals surface area contributed by atoms with Gasteiger partial charge in [0.2, 0.25) is 0 Å². The molecule has 1 aliphatic carbocycles. The first-order valence-electron chi connectivity index (χ1n) is 22.8. The van der Waals surface area contributed by atoms with Crippen molar-refractivity contribution in [2.24, 2.45) is 5.41 Å². The Kier molecular flexibility index (Phi) is 9.00. The van der Waals surface area contributed by atoms with Crippen LogP contribution in [0.3, 0.4) is 0 Å². The van der Waals surface area contributed by atoms with Crippen molar-refractivity contribution in [3.05, 3.63) is 168 Å². The average Bonchev–Trinajstić information content (AvgIpc) is 3.66. The molecule has 5 aromatic carbocycles. The number of benzene rings is 5. The molecule has 0 spiro atoms. The first kappa shape index (κ1) is 30.5. The number of nitriles is 1. The standard InChI is InChI=1S/C40H35N2O.C12H10N.Ir/c1-25-21-29(27-17-19-40(3,4)20-18-27)13-15-31(25)35-22-36(42-24-26(35)2)34-12-8-11-32-33-16-14-30(23-41)37(39(33)43-38(32)34)28-9-6-5-7-10-28;1-10-7-8-12(13-9-10)11-5-3-2-4-6-11;/h5-11,13-16,21-22,24,27H,17-20H2,1-4H3;2-5,7-9H,1H3;/q2*-1;/i1D3,2D3,15D,27D;;. The molecule has 1 saturated carbocycles. The first-order chi connectivity index (χ1) is 30.4. The number of aryl methyl sites for hydroxylation is 3. The second kappa shape index (κ2) is 16.8. The van der Waals surface area contributed by atoms with E-state index in [0.717, 1.165) is 40.4 Å². The van der Waals surface area contributed by atoms with Crippen LogP contribution in [0.2, 0.25) is 0 Å². The largest absolute Gasteiger partial charge is 0.500 e. The molecular weight excluding hydrogens is 875 g/mol. The molecule has 5 heteroatoms. The van der Waals surface area contributed by atoms with Crippen LogP contribution in [0, 0.1) is 49.5 Å². The third kappa shape index (κ3) is 8.26. The summed E-state index contributed by atoms with van der Waals surface area (Å²) in [5.74, 6) is -1.06. The summed E-state index contributed by atoms with van der Waals surface area (Å²) in [6.45, 7) is 0.957. The van der Waals surface area contributed by atoms with Gasteiger partial charge >= 0.3 is 0 Å². The quantitative estimate of drug-likeness (QED) is 0.161. The van der Waals surface area contributed by atoms with Gasteiger partial charge in [0.25, 0.3) is 0 Å². The Morgan fingerprint density at radius 1 is 0.807 bits per heavy atom. The molecule has 0 N–H and O–H groups in total. The zero-order chi connectivity index (χ0) is 45.6. The molecule has 4 nitrogen and oxygen atoms in total. The number of nitrogens with zero attached hydrogens (tertiary/aromatic N) is 3. The Morgan fingerprint density at radius 3 is 2.30 bits per heavy atom. The summed E-state index contributed by atoms with van der Waals surface area (Å²) in [4.78, 5) is 8.86. The minimum absolute atomic E-state index is 0. The topological polar surface area (TPSA) is 62.7 Å². The Labute approximate surface area is 361 Å². The van der Waals surface area contributed by atoms with Gasteiger partial charge in [0.15, 0.2) is 0 Å². The van der Waals surface area contributed by atoms with Crippen LogP contribution in [0.15, 0.2) is 132 Å². The van der Waals surface area contributed by atoms with E-state index < -0.39 is 19.6 Å². The van der Waals surface area contributed by atoms with Crippen LogP contribution < -0.4 is 0 Å². The minimum atomic E-state index is -2.71. The van der Waals surface area contributed by atoms with E-state index in [1.54, 1.807) is 12.1 Å². The van der Waals surface area contributed by atoms with E-state index in [1.807, 2.05) is 85.9 Å². The monoisotopic (exact) mass is 928 g/mol. The van der Waals surface area contributed by atoms with Gasteiger partial charge < -0.3 is 14.4 Å². The molecule has 285 valence electrons. The van der Waals surface area contributed by atoms with Gasteiger partial charge in [-0.15, -0.1) is 54.1 Å². The van der Waals surface area contributed by atoms with Crippen molar-refractivity contribution >= 4 is 21.9 Å². The van der Waals surface area contributed by atoms with Crippen molar-refractivity contribution in [3.63, 3.8) is 0 Å². The minimum Gasteiger partial charge on any atom is -0.500 e. The van der Waals surface area contributed by atoms with Crippen LogP contribution in [0.4, 0.5) is 0 Å². The molecule has 3 aromatic heterocycles. The van der Waals surface area contributed by atoms with Crippen molar-refractivity contribution in [1.82, 2.24) is 9.97 Å². The Hall–Kier alpha value is -5.66. The van der Waals surface area contributed by atoms with E-state index in [9.17, 15) is 8.00 Å². The van der Waals surface area contributed by atoms with Crippen LogP contribution in [0.25, 0.3) is 66.7 Å². The third-order valence-corrected chi connectivity index (χ3v) is 10.7. The number of hydrogen-bond donors (Lipinski definition) is 0. The van der Waals surface area contributed by atoms with E-state index in [0.29, 0.717) is 46.3 Å². The summed E-state index contributed by atoms with van der Waals surface area (Å²) in [5.41, 5.74) is 6.85. The van der Waals surface area contributed by atoms with Gasteiger partial charge in [0, 0.05) is 53.0 Å². The van der Waals surface area contributed by atoms with Gasteiger partial charge in [-0.2, -0.15) is 5.26 Å². The van der Waals surface area contributed by atoms with Crippen LogP contribution >= 0.6 is 0 Å². The number of hydrogen-bond acceptors (Lipinski definition) is 4. The number of pyridine rings is 2. The molecule has 0 aliphatic heterocycles. The maximum absolute atomic E-state index is 9.99. The van der Waals surface area contributed by atoms with Crippen LogP contribution in [0.1, 0.15) is 84.2 Å². The molecule has 57 heavy (non-hydrogen) atoms. The predicted molar refractivity (Wildman–Crippen MR) is 229 cm³/mol. The Bertz CT molecular complexity index is 3040. The molecule has 1 fully saturated rings. The second-order valence-corrected chi connectivity index (χ2v) is 15.1. The van der Waals surface area contributed by atoms with Gasteiger partial charge in [-0.05, 0) is 114 Å². The number of aromatic nitrogens is 2. The second-order valence-electron chi connectivity index (χ2n) is 15.1. The summed E-state index contributed by atoms with van der Waals surface area (Å²) in [5, 5.41) is 11.5. The summed E-state index contributed by atoms with van der Waals surface area (Å²) in [7, 11) is 0. The summed E-state index contributed by atoms with van der Waals surface area (Å²) in [6, 6.07) is 41.5. The third-order valence-electron chi connectivity index (χ3n) is 10.7. The fraction of sp³-hybridized carbons (Fsp3) is 0.212.